The molecule has 1 heterocycles. The summed E-state index contributed by atoms with van der Waals surface area (Å²) < 4.78 is 0. The molecule has 348 valence electrons. The maximum Gasteiger partial charge on any atom is 0.248 e. The van der Waals surface area contributed by atoms with Gasteiger partial charge in [-0.2, -0.15) is 0 Å². The van der Waals surface area contributed by atoms with Crippen LogP contribution in [-0.4, -0.2) is 118 Å². The van der Waals surface area contributed by atoms with Crippen molar-refractivity contribution < 1.29 is 48.9 Å². The first-order valence-electron chi connectivity index (χ1n) is 22.3. The first kappa shape index (κ1) is 51.6. The molecule has 63 heavy (non-hydrogen) atoms. The molecule has 0 aromatic heterocycles. The Kier molecular flexibility index (Phi) is 21.3. The van der Waals surface area contributed by atoms with Gasteiger partial charge in [0.15, 0.2) is 0 Å². The molecule has 3 rings (SSSR count). The lowest BCUT2D eigenvalue weighted by Gasteiger charge is -2.30. The molecule has 9 N–H and O–H groups in total. The Morgan fingerprint density at radius 3 is 1.90 bits per heavy atom. The average Bonchev–Trinajstić information content (AvgIpc) is 3.24. The van der Waals surface area contributed by atoms with Gasteiger partial charge >= 0.3 is 0 Å². The van der Waals surface area contributed by atoms with Crippen molar-refractivity contribution in [2.75, 3.05) is 27.2 Å². The summed E-state index contributed by atoms with van der Waals surface area (Å²) in [5, 5.41) is 41.7. The number of aromatic hydroxyl groups is 2. The quantitative estimate of drug-likeness (QED) is 0.0756. The Balaban J connectivity index is 1.60. The number of rotatable bonds is 23. The van der Waals surface area contributed by atoms with E-state index in [1.165, 1.54) is 127 Å². The topological polar surface area (TPSA) is 261 Å². The molecule has 0 aliphatic carbocycles. The molecule has 7 amide bonds. The second kappa shape index (κ2) is 26.0. The molecule has 1 aliphatic heterocycles. The van der Waals surface area contributed by atoms with Gasteiger partial charge in [0.25, 0.3) is 0 Å². The first-order chi connectivity index (χ1) is 30.0. The number of unbranched alkanes of at least 4 members (excludes halogenated alkanes) is 12. The lowest BCUT2D eigenvalue weighted by molar-refractivity contribution is -0.142. The number of carbonyl (C=O) groups excluding carboxylic acids is 7. The van der Waals surface area contributed by atoms with Crippen LogP contribution in [-0.2, 0) is 40.0 Å². The zero-order chi connectivity index (χ0) is 46.6. The second-order valence-electron chi connectivity index (χ2n) is 16.6. The Morgan fingerprint density at radius 2 is 1.33 bits per heavy atom. The Hall–Kier alpha value is -5.71. The molecule has 0 radical (unpaired) electrons. The van der Waals surface area contributed by atoms with E-state index in [1.54, 1.807) is 0 Å². The van der Waals surface area contributed by atoms with Gasteiger partial charge < -0.3 is 52.1 Å². The van der Waals surface area contributed by atoms with Crippen LogP contribution in [0.2, 0.25) is 0 Å². The van der Waals surface area contributed by atoms with Gasteiger partial charge in [-0.3, -0.25) is 33.6 Å². The Morgan fingerprint density at radius 1 is 0.778 bits per heavy atom. The van der Waals surface area contributed by atoms with Crippen molar-refractivity contribution >= 4 is 41.4 Å². The molecule has 2 aromatic carbocycles. The standard InChI is InChI=1S/C46H69N7O10/c1-6-7-8-9-10-11-12-13-14-15-16-17-18-19-39(57)52(4)36(28-54)45(62)49-29(2)43(60)48-27-40(58)53(5)41-32-21-23-38(56)34(26-32)33-24-31(20-22-37(33)55)25-35(42(47)59)51-44(61)30(3)50-46(41)63/h20-24,26,29-30,35-36,41,54-56H,6-19,25,27-28H2,1-5H3,(H2,47,59)(H,48,60)(H,49,62)(H,50,63)(H,51,61). The minimum atomic E-state index is -1.44. The average molecular weight is 880 g/mol. The molecule has 5 atom stereocenters. The molecule has 2 aromatic rings. The summed E-state index contributed by atoms with van der Waals surface area (Å²) in [7, 11) is 2.72. The van der Waals surface area contributed by atoms with Crippen molar-refractivity contribution in [1.29, 1.82) is 0 Å². The number of nitrogens with zero attached hydrogens (tertiary/aromatic N) is 2. The first-order valence-corrected chi connectivity index (χ1v) is 22.3. The van der Waals surface area contributed by atoms with Crippen molar-refractivity contribution in [2.45, 2.75) is 147 Å². The number of benzene rings is 2. The minimum Gasteiger partial charge on any atom is -0.507 e. The fourth-order valence-electron chi connectivity index (χ4n) is 7.51. The van der Waals surface area contributed by atoms with E-state index in [0.717, 1.165) is 24.2 Å². The number of hydrogen-bond acceptors (Lipinski definition) is 10. The van der Waals surface area contributed by atoms with Crippen molar-refractivity contribution in [3.8, 4) is 22.6 Å². The summed E-state index contributed by atoms with van der Waals surface area (Å²) in [6, 6.07) is 2.17. The number of carbonyl (C=O) groups is 7. The van der Waals surface area contributed by atoms with Crippen LogP contribution < -0.4 is 27.0 Å². The normalized spacial score (nSPS) is 17.3. The maximum absolute atomic E-state index is 13.9. The lowest BCUT2D eigenvalue weighted by atomic mass is 9.94. The number of aliphatic hydroxyl groups excluding tert-OH is 1. The molecule has 17 heteroatoms. The van der Waals surface area contributed by atoms with E-state index in [0.29, 0.717) is 12.0 Å². The van der Waals surface area contributed by atoms with Crippen LogP contribution in [0.1, 0.15) is 128 Å². The van der Waals surface area contributed by atoms with Crippen LogP contribution in [0.4, 0.5) is 0 Å². The third-order valence-corrected chi connectivity index (χ3v) is 11.6. The second-order valence-corrected chi connectivity index (χ2v) is 16.6. The number of primary amides is 1. The Labute approximate surface area is 370 Å². The highest BCUT2D eigenvalue weighted by Gasteiger charge is 2.34. The fraction of sp³-hybridized carbons (Fsp3) is 0.587. The van der Waals surface area contributed by atoms with E-state index in [1.807, 2.05) is 0 Å². The fourth-order valence-corrected chi connectivity index (χ4v) is 7.51. The molecule has 1 aliphatic rings. The highest BCUT2D eigenvalue weighted by molar-refractivity contribution is 5.96. The summed E-state index contributed by atoms with van der Waals surface area (Å²) in [6.07, 6.45) is 15.3. The number of phenols is 2. The Bertz CT molecular complexity index is 1890. The van der Waals surface area contributed by atoms with Crippen LogP contribution in [0.5, 0.6) is 11.5 Å². The van der Waals surface area contributed by atoms with Gasteiger partial charge in [-0.05, 0) is 55.7 Å². The SMILES string of the molecule is CCCCCCCCCCCCCCCC(=O)N(C)C(CO)C(=O)NC(C)C(=O)NCC(=O)N(C)C1C(=O)NC(C)C(=O)NC(C(N)=O)Cc2ccc(O)c(c2)-c2cc1ccc2O. The van der Waals surface area contributed by atoms with Gasteiger partial charge in [0, 0.05) is 38.1 Å². The molecule has 0 saturated heterocycles. The van der Waals surface area contributed by atoms with Crippen molar-refractivity contribution in [1.82, 2.24) is 31.1 Å². The van der Waals surface area contributed by atoms with Gasteiger partial charge in [-0.15, -0.1) is 0 Å². The third kappa shape index (κ3) is 15.9. The maximum atomic E-state index is 13.9. The number of amides is 7. The monoisotopic (exact) mass is 880 g/mol. The molecule has 0 saturated carbocycles. The van der Waals surface area contributed by atoms with Crippen LogP contribution >= 0.6 is 0 Å². The van der Waals surface area contributed by atoms with Crippen LogP contribution in [0.3, 0.4) is 0 Å². The van der Waals surface area contributed by atoms with E-state index in [4.69, 9.17) is 5.73 Å². The molecule has 17 nitrogen and oxygen atoms in total. The van der Waals surface area contributed by atoms with Crippen molar-refractivity contribution in [2.24, 2.45) is 5.73 Å². The molecule has 5 unspecified atom stereocenters. The van der Waals surface area contributed by atoms with Crippen molar-refractivity contribution in [3.63, 3.8) is 0 Å². The van der Waals surface area contributed by atoms with Crippen LogP contribution in [0.15, 0.2) is 36.4 Å². The number of aliphatic hydroxyl groups is 1. The highest BCUT2D eigenvalue weighted by Crippen LogP contribution is 2.38. The highest BCUT2D eigenvalue weighted by atomic mass is 16.3. The van der Waals surface area contributed by atoms with E-state index < -0.39 is 78.8 Å². The van der Waals surface area contributed by atoms with E-state index in [9.17, 15) is 48.9 Å². The van der Waals surface area contributed by atoms with E-state index in [-0.39, 0.29) is 46.9 Å². The largest absolute Gasteiger partial charge is 0.507 e. The summed E-state index contributed by atoms with van der Waals surface area (Å²) in [5.41, 5.74) is 6.47. The zero-order valence-electron chi connectivity index (χ0n) is 37.5. The van der Waals surface area contributed by atoms with Crippen LogP contribution in [0.25, 0.3) is 11.1 Å². The summed E-state index contributed by atoms with van der Waals surface area (Å²) in [4.78, 5) is 94.4. The molecule has 4 bridgehead atoms. The van der Waals surface area contributed by atoms with Gasteiger partial charge in [0.05, 0.1) is 13.2 Å². The number of hydrogen-bond donors (Lipinski definition) is 8. The number of fused-ring (bicyclic) bond motifs is 5. The molecular weight excluding hydrogens is 811 g/mol. The molecular formula is C46H69N7O10. The zero-order valence-corrected chi connectivity index (χ0v) is 37.5. The van der Waals surface area contributed by atoms with Gasteiger partial charge in [-0.25, -0.2) is 0 Å². The van der Waals surface area contributed by atoms with E-state index >= 15 is 0 Å². The number of nitrogens with two attached hydrogens (primary N) is 1. The van der Waals surface area contributed by atoms with E-state index in [2.05, 4.69) is 28.2 Å². The summed E-state index contributed by atoms with van der Waals surface area (Å²) in [5.74, 6) is -5.53. The van der Waals surface area contributed by atoms with Gasteiger partial charge in [0.1, 0.15) is 41.7 Å². The smallest absolute Gasteiger partial charge is 0.248 e. The number of nitrogens with one attached hydrogen (secondary N) is 4. The number of phenolic OH excluding ortho intramolecular Hbond substituents is 2. The predicted octanol–water partition coefficient (Wildman–Crippen LogP) is 3.22. The van der Waals surface area contributed by atoms with Gasteiger partial charge in [-0.1, -0.05) is 96.1 Å². The predicted molar refractivity (Wildman–Crippen MR) is 238 cm³/mol. The summed E-state index contributed by atoms with van der Waals surface area (Å²) in [6.45, 7) is 3.66. The number of likely N-dealkylation sites (N-methyl/N-ethyl adjacent to an activating group) is 2. The minimum absolute atomic E-state index is 0.0539. The molecule has 0 fully saturated rings. The van der Waals surface area contributed by atoms with Crippen LogP contribution in [0, 0.1) is 0 Å². The van der Waals surface area contributed by atoms with Crippen molar-refractivity contribution in [3.05, 3.63) is 47.5 Å². The van der Waals surface area contributed by atoms with Gasteiger partial charge in [0.2, 0.25) is 41.4 Å². The third-order valence-electron chi connectivity index (χ3n) is 11.6. The molecule has 0 spiro atoms. The summed E-state index contributed by atoms with van der Waals surface area (Å²) >= 11 is 0. The lowest BCUT2D eigenvalue weighted by Crippen LogP contribution is -2.55.